The summed E-state index contributed by atoms with van der Waals surface area (Å²) in [5, 5.41) is 2.43. The van der Waals surface area contributed by atoms with Crippen LogP contribution in [0.2, 0.25) is 0 Å². The van der Waals surface area contributed by atoms with Crippen LogP contribution >= 0.6 is 0 Å². The third kappa shape index (κ3) is 3.31. The molecule has 1 unspecified atom stereocenters. The molecule has 0 bridgehead atoms. The molecule has 2 nitrogen and oxygen atoms in total. The lowest BCUT2D eigenvalue weighted by Crippen LogP contribution is -2.22. The van der Waals surface area contributed by atoms with Crippen LogP contribution in [0.1, 0.15) is 25.3 Å². The van der Waals surface area contributed by atoms with Gasteiger partial charge in [0.1, 0.15) is 5.75 Å². The molecule has 0 amide bonds. The fourth-order valence-electron chi connectivity index (χ4n) is 2.29. The van der Waals surface area contributed by atoms with E-state index in [-0.39, 0.29) is 6.04 Å². The van der Waals surface area contributed by atoms with E-state index in [0.29, 0.717) is 13.0 Å². The highest BCUT2D eigenvalue weighted by Gasteiger charge is 2.11. The lowest BCUT2D eigenvalue weighted by molar-refractivity contribution is 0.323. The number of rotatable bonds is 6. The van der Waals surface area contributed by atoms with Crippen LogP contribution in [0.3, 0.4) is 0 Å². The summed E-state index contributed by atoms with van der Waals surface area (Å²) in [7, 11) is 0. The Kier molecular flexibility index (Phi) is 5.03. The molecule has 2 rings (SSSR count). The first-order valence-electron chi connectivity index (χ1n) is 7.08. The lowest BCUT2D eigenvalue weighted by atomic mass is 9.97. The number of terminal acetylenes is 1. The summed E-state index contributed by atoms with van der Waals surface area (Å²) in [6.45, 7) is 2.65. The zero-order chi connectivity index (χ0) is 14.4. The topological polar surface area (TPSA) is 35.2 Å². The molecule has 0 heterocycles. The van der Waals surface area contributed by atoms with E-state index in [1.807, 2.05) is 12.1 Å². The van der Waals surface area contributed by atoms with E-state index in [4.69, 9.17) is 16.9 Å². The zero-order valence-corrected chi connectivity index (χ0v) is 11.9. The minimum Gasteiger partial charge on any atom is -0.492 e. The molecule has 0 fully saturated rings. The van der Waals surface area contributed by atoms with E-state index in [9.17, 15) is 0 Å². The normalized spacial score (nSPS) is 12.1. The van der Waals surface area contributed by atoms with Gasteiger partial charge in [-0.15, -0.1) is 12.3 Å². The first-order valence-corrected chi connectivity index (χ1v) is 7.08. The lowest BCUT2D eigenvalue weighted by Gasteiger charge is -2.16. The van der Waals surface area contributed by atoms with Crippen molar-refractivity contribution in [1.82, 2.24) is 0 Å². The number of nitrogens with two attached hydrogens (primary N) is 1. The maximum Gasteiger partial charge on any atom is 0.123 e. The largest absolute Gasteiger partial charge is 0.492 e. The van der Waals surface area contributed by atoms with Crippen molar-refractivity contribution in [2.24, 2.45) is 5.73 Å². The highest BCUT2D eigenvalue weighted by molar-refractivity contribution is 5.87. The van der Waals surface area contributed by atoms with Gasteiger partial charge in [-0.25, -0.2) is 0 Å². The van der Waals surface area contributed by atoms with E-state index < -0.39 is 0 Å². The number of hydrogen-bond acceptors (Lipinski definition) is 2. The molecule has 0 aliphatic heterocycles. The maximum atomic E-state index is 6.13. The van der Waals surface area contributed by atoms with Crippen molar-refractivity contribution in [3.63, 3.8) is 0 Å². The summed E-state index contributed by atoms with van der Waals surface area (Å²) in [5.41, 5.74) is 7.32. The van der Waals surface area contributed by atoms with Crippen molar-refractivity contribution < 1.29 is 4.74 Å². The van der Waals surface area contributed by atoms with Crippen molar-refractivity contribution in [3.05, 3.63) is 42.0 Å². The molecule has 0 radical (unpaired) electrons. The van der Waals surface area contributed by atoms with Crippen molar-refractivity contribution in [2.75, 3.05) is 6.61 Å². The van der Waals surface area contributed by atoms with Crippen LogP contribution in [-0.2, 0) is 6.42 Å². The third-order valence-electron chi connectivity index (χ3n) is 3.49. The fourth-order valence-corrected chi connectivity index (χ4v) is 2.29. The van der Waals surface area contributed by atoms with Gasteiger partial charge < -0.3 is 10.5 Å². The van der Waals surface area contributed by atoms with Crippen molar-refractivity contribution in [1.29, 1.82) is 0 Å². The first kappa shape index (κ1) is 14.4. The van der Waals surface area contributed by atoms with Crippen molar-refractivity contribution in [3.8, 4) is 18.1 Å². The van der Waals surface area contributed by atoms with Crippen molar-refractivity contribution >= 4 is 10.8 Å². The van der Waals surface area contributed by atoms with Gasteiger partial charge in [-0.1, -0.05) is 37.3 Å². The van der Waals surface area contributed by atoms with Gasteiger partial charge in [-0.05, 0) is 29.7 Å². The Bertz CT molecular complexity index is 612. The van der Waals surface area contributed by atoms with Crippen LogP contribution < -0.4 is 10.5 Å². The summed E-state index contributed by atoms with van der Waals surface area (Å²) in [6, 6.07) is 12.6. The van der Waals surface area contributed by atoms with Crippen LogP contribution in [0, 0.1) is 12.3 Å². The van der Waals surface area contributed by atoms with Crippen molar-refractivity contribution in [2.45, 2.75) is 32.2 Å². The molecular weight excluding hydrogens is 246 g/mol. The van der Waals surface area contributed by atoms with E-state index in [2.05, 4.69) is 37.1 Å². The molecule has 1 atom stereocenters. The third-order valence-corrected chi connectivity index (χ3v) is 3.49. The molecular formula is C18H21NO. The molecule has 2 N–H and O–H groups in total. The first-order chi connectivity index (χ1) is 9.76. The van der Waals surface area contributed by atoms with Gasteiger partial charge in [-0.2, -0.15) is 0 Å². The van der Waals surface area contributed by atoms with E-state index in [1.54, 1.807) is 0 Å². The number of hydrogen-bond donors (Lipinski definition) is 1. The Balaban J connectivity index is 2.39. The number of ether oxygens (including phenoxy) is 1. The Morgan fingerprint density at radius 3 is 2.80 bits per heavy atom. The van der Waals surface area contributed by atoms with E-state index >= 15 is 0 Å². The highest BCUT2D eigenvalue weighted by atomic mass is 16.5. The fraction of sp³-hybridized carbons (Fsp3) is 0.333. The Labute approximate surface area is 120 Å². The Hall–Kier alpha value is -1.98. The molecule has 2 heteroatoms. The summed E-state index contributed by atoms with van der Waals surface area (Å²) in [4.78, 5) is 0. The molecule has 0 saturated carbocycles. The molecule has 2 aromatic carbocycles. The highest BCUT2D eigenvalue weighted by Crippen LogP contribution is 2.29. The monoisotopic (exact) mass is 267 g/mol. The van der Waals surface area contributed by atoms with Crippen LogP contribution in [0.15, 0.2) is 36.4 Å². The smallest absolute Gasteiger partial charge is 0.123 e. The average Bonchev–Trinajstić information content (AvgIpc) is 2.49. The second-order valence-corrected chi connectivity index (χ2v) is 4.94. The minimum atomic E-state index is 0.149. The quantitative estimate of drug-likeness (QED) is 0.642. The van der Waals surface area contributed by atoms with Gasteiger partial charge in [-0.3, -0.25) is 0 Å². The van der Waals surface area contributed by atoms with E-state index in [1.165, 1.54) is 16.3 Å². The number of fused-ring (bicyclic) bond motifs is 1. The average molecular weight is 267 g/mol. The van der Waals surface area contributed by atoms with Gasteiger partial charge in [0, 0.05) is 18.0 Å². The van der Waals surface area contributed by atoms with Gasteiger partial charge >= 0.3 is 0 Å². The van der Waals surface area contributed by atoms with Crippen LogP contribution in [0.4, 0.5) is 0 Å². The molecule has 0 aromatic heterocycles. The second-order valence-electron chi connectivity index (χ2n) is 4.94. The van der Waals surface area contributed by atoms with Crippen LogP contribution in [0.5, 0.6) is 5.75 Å². The van der Waals surface area contributed by atoms with Crippen LogP contribution in [0.25, 0.3) is 10.8 Å². The minimum absolute atomic E-state index is 0.149. The summed E-state index contributed by atoms with van der Waals surface area (Å²) >= 11 is 0. The maximum absolute atomic E-state index is 6.13. The molecule has 2 aromatic rings. The Morgan fingerprint density at radius 2 is 2.05 bits per heavy atom. The Morgan fingerprint density at radius 1 is 1.25 bits per heavy atom. The second kappa shape index (κ2) is 6.98. The molecule has 20 heavy (non-hydrogen) atoms. The standard InChI is InChI=1S/C18H21NO/c1-3-5-12-20-18-11-10-14-8-6-7-9-16(14)17(18)13-15(19)4-2/h1,6-11,15H,4-5,12-13,19H2,2H3. The zero-order valence-electron chi connectivity index (χ0n) is 11.9. The van der Waals surface area contributed by atoms with Crippen LogP contribution in [-0.4, -0.2) is 12.6 Å². The van der Waals surface area contributed by atoms with Gasteiger partial charge in [0.05, 0.1) is 6.61 Å². The van der Waals surface area contributed by atoms with Gasteiger partial charge in [0.15, 0.2) is 0 Å². The molecule has 0 spiro atoms. The summed E-state index contributed by atoms with van der Waals surface area (Å²) in [6.07, 6.45) is 7.66. The molecule has 0 aliphatic carbocycles. The molecule has 0 aliphatic rings. The number of benzene rings is 2. The van der Waals surface area contributed by atoms with Gasteiger partial charge in [0.2, 0.25) is 0 Å². The molecule has 104 valence electrons. The SMILES string of the molecule is C#CCCOc1ccc2ccccc2c1CC(N)CC. The predicted octanol–water partition coefficient (Wildman–Crippen LogP) is 3.52. The summed E-state index contributed by atoms with van der Waals surface area (Å²) in [5.74, 6) is 3.50. The predicted molar refractivity (Wildman–Crippen MR) is 84.9 cm³/mol. The molecule has 0 saturated heterocycles. The summed E-state index contributed by atoms with van der Waals surface area (Å²) < 4.78 is 5.83. The van der Waals surface area contributed by atoms with E-state index in [0.717, 1.165) is 18.6 Å². The van der Waals surface area contributed by atoms with Gasteiger partial charge in [0.25, 0.3) is 0 Å².